The average Bonchev–Trinajstić information content (AvgIpc) is 1.59. The molecule has 3 radical (unpaired) electrons. The van der Waals surface area contributed by atoms with Crippen molar-refractivity contribution in [3.8, 4) is 5.69 Å². The number of nitrogens with zero attached hydrogens (tertiary/aromatic N) is 7. The van der Waals surface area contributed by atoms with Gasteiger partial charge in [0.15, 0.2) is 0 Å². The lowest BCUT2D eigenvalue weighted by molar-refractivity contribution is 1.17. The van der Waals surface area contributed by atoms with Gasteiger partial charge in [-0.25, -0.2) is 0 Å². The van der Waals surface area contributed by atoms with Crippen molar-refractivity contribution >= 4 is 217 Å². The molecule has 18 aromatic carbocycles. The summed E-state index contributed by atoms with van der Waals surface area (Å²) in [5.41, 5.74) is 44.4. The van der Waals surface area contributed by atoms with E-state index in [1.807, 2.05) is 0 Å². The zero-order valence-electron chi connectivity index (χ0n) is 72.8. The van der Waals surface area contributed by atoms with Crippen molar-refractivity contribution in [2.45, 2.75) is 62.8 Å². The molecule has 4 aliphatic heterocycles. The fourth-order valence-corrected chi connectivity index (χ4v) is 20.3. The molecule has 1 N–H and O–H groups in total. The highest BCUT2D eigenvalue weighted by Gasteiger charge is 2.47. The van der Waals surface area contributed by atoms with Gasteiger partial charge in [0.05, 0.1) is 22.4 Å². The van der Waals surface area contributed by atoms with Crippen molar-refractivity contribution in [1.82, 2.24) is 9.55 Å². The summed E-state index contributed by atoms with van der Waals surface area (Å²) >= 11 is 3.87. The van der Waals surface area contributed by atoms with Crippen LogP contribution in [-0.4, -0.2) is 31.4 Å². The maximum atomic E-state index is 3.87. The summed E-state index contributed by atoms with van der Waals surface area (Å²) in [6.07, 6.45) is 0. The number of fused-ring (bicyclic) bond motifs is 14. The monoisotopic (exact) mass is 1720 g/mol. The number of nitrogens with one attached hydrogen (secondary N) is 1. The smallest absolute Gasteiger partial charge is 0.252 e. The highest BCUT2D eigenvalue weighted by Crippen LogP contribution is 2.52. The standard InChI is InChI=1S/C58H45BN4.C46H37BBrN3.C12H9N.CH4.B/c1-38-18-25-43(26-19-38)60(44-27-20-39(2)21-28-44)47-36-56-58-57(37-47)62(45-29-22-40(3)23-30-45)54-32-24-41(4)34-50(54)59(58)51-35-46(31-33-55(51)61(56)42-12-6-5-7-13-42)63-52-16-10-8-14-48(52)49-15-9-11-17-53(49)63;1-30-10-18-36(19-11-30)49(37-20-12-31(2)13-21-37)39-28-44-46-45(29-39)51(38-22-14-32(3)15-23-38)42-24-16-33(4)26-40(42)47(46)41-27-34(48)17-25-43(41)50(44)35-8-6-5-7-9-35;1-3-7-11-9(5-1)10-6-2-4-8-12(10)13-11;;/h5-37H,1-4H3;5-29H,1-4H3;1-8,13H;1H4;. The summed E-state index contributed by atoms with van der Waals surface area (Å²) in [4.78, 5) is 18.2. The van der Waals surface area contributed by atoms with Crippen LogP contribution in [0.1, 0.15) is 51.9 Å². The Kier molecular flexibility index (Phi) is 21.5. The van der Waals surface area contributed by atoms with Crippen molar-refractivity contribution in [2.24, 2.45) is 0 Å². The second-order valence-electron chi connectivity index (χ2n) is 34.5. The number of H-pyrrole nitrogens is 1. The number of hydrogen-bond acceptors (Lipinski definition) is 6. The minimum atomic E-state index is -0.0455. The third kappa shape index (κ3) is 14.6. The van der Waals surface area contributed by atoms with Gasteiger partial charge in [0.25, 0.3) is 13.4 Å². The van der Waals surface area contributed by atoms with E-state index in [9.17, 15) is 0 Å². The second kappa shape index (κ2) is 33.7. The van der Waals surface area contributed by atoms with Crippen LogP contribution in [0.3, 0.4) is 0 Å². The number of aryl methyl sites for hydroxylation is 8. The van der Waals surface area contributed by atoms with Crippen molar-refractivity contribution in [2.75, 3.05) is 29.4 Å². The summed E-state index contributed by atoms with van der Waals surface area (Å²) in [7, 11) is 0. The number of rotatable bonds is 11. The first-order valence-electron chi connectivity index (χ1n) is 43.9. The predicted molar refractivity (Wildman–Crippen MR) is 559 cm³/mol. The maximum absolute atomic E-state index is 3.87. The minimum Gasteiger partial charge on any atom is -0.355 e. The molecule has 0 aliphatic carbocycles. The molecule has 0 amide bonds. The fourth-order valence-electron chi connectivity index (χ4n) is 19.9. The van der Waals surface area contributed by atoms with Crippen LogP contribution < -0.4 is 62.2 Å². The Morgan fingerprint density at radius 3 is 0.868 bits per heavy atom. The van der Waals surface area contributed by atoms with E-state index in [0.29, 0.717) is 0 Å². The third-order valence-electron chi connectivity index (χ3n) is 25.9. The number of anilines is 18. The van der Waals surface area contributed by atoms with E-state index >= 15 is 0 Å². The third-order valence-corrected chi connectivity index (χ3v) is 26.4. The van der Waals surface area contributed by atoms with E-state index in [2.05, 4.69) is 511 Å². The number of aromatic nitrogens is 2. The molecular weight excluding hydrogens is 1630 g/mol. The van der Waals surface area contributed by atoms with E-state index < -0.39 is 0 Å². The first-order valence-corrected chi connectivity index (χ1v) is 44.7. The Balaban J connectivity index is 0.000000141. The van der Waals surface area contributed by atoms with Gasteiger partial charge in [0.2, 0.25) is 0 Å². The van der Waals surface area contributed by atoms with Gasteiger partial charge in [-0.15, -0.1) is 0 Å². The van der Waals surface area contributed by atoms with Crippen LogP contribution >= 0.6 is 15.9 Å². The van der Waals surface area contributed by atoms with Gasteiger partial charge in [0.1, 0.15) is 0 Å². The van der Waals surface area contributed by atoms with Gasteiger partial charge < -0.3 is 39.0 Å². The molecule has 129 heavy (non-hydrogen) atoms. The first kappa shape index (κ1) is 82.3. The van der Waals surface area contributed by atoms with Crippen molar-refractivity contribution < 1.29 is 0 Å². The number of benzene rings is 18. The van der Waals surface area contributed by atoms with Crippen LogP contribution in [0.25, 0.3) is 49.3 Å². The highest BCUT2D eigenvalue weighted by atomic mass is 79.9. The van der Waals surface area contributed by atoms with E-state index in [4.69, 9.17) is 0 Å². The van der Waals surface area contributed by atoms with Gasteiger partial charge in [0, 0.05) is 142 Å². The lowest BCUT2D eigenvalue weighted by Crippen LogP contribution is -2.61. The van der Waals surface area contributed by atoms with Crippen LogP contribution in [0.15, 0.2) is 405 Å². The average molecular weight is 1730 g/mol. The topological polar surface area (TPSA) is 40.2 Å². The summed E-state index contributed by atoms with van der Waals surface area (Å²) in [5, 5.41) is 5.13. The minimum absolute atomic E-state index is 0. The van der Waals surface area contributed by atoms with E-state index in [0.717, 1.165) is 67.0 Å². The zero-order chi connectivity index (χ0) is 85.8. The molecule has 20 aromatic rings. The molecule has 6 heterocycles. The summed E-state index contributed by atoms with van der Waals surface area (Å²) in [6, 6.07) is 147. The molecule has 0 atom stereocenters. The van der Waals surface area contributed by atoms with Gasteiger partial charge in [-0.3, -0.25) is 0 Å². The summed E-state index contributed by atoms with van der Waals surface area (Å²) in [5.74, 6) is 0. The number of hydrogen-bond donors (Lipinski definition) is 1. The van der Waals surface area contributed by atoms with Gasteiger partial charge >= 0.3 is 0 Å². The maximum Gasteiger partial charge on any atom is 0.252 e. The molecule has 24 rings (SSSR count). The Morgan fingerprint density at radius 1 is 0.233 bits per heavy atom. The van der Waals surface area contributed by atoms with Crippen LogP contribution in [0.5, 0.6) is 0 Å². The molecule has 2 aromatic heterocycles. The Labute approximate surface area is 767 Å². The van der Waals surface area contributed by atoms with Gasteiger partial charge in [-0.05, 0) is 276 Å². The molecular formula is C117H95B3BrN8. The zero-order valence-corrected chi connectivity index (χ0v) is 74.4. The fraction of sp³-hybridized carbons (Fsp3) is 0.0769. The first-order chi connectivity index (χ1) is 62.2. The molecule has 0 fully saturated rings. The van der Waals surface area contributed by atoms with E-state index in [-0.39, 0.29) is 29.3 Å². The number of aromatic amines is 1. The number of para-hydroxylation sites is 6. The lowest BCUT2D eigenvalue weighted by atomic mass is 9.33. The van der Waals surface area contributed by atoms with Crippen LogP contribution in [0.2, 0.25) is 0 Å². The molecule has 12 heteroatoms. The van der Waals surface area contributed by atoms with E-state index in [1.165, 1.54) is 166 Å². The number of halogens is 1. The normalized spacial score (nSPS) is 12.3. The molecule has 8 nitrogen and oxygen atoms in total. The molecule has 0 bridgehead atoms. The van der Waals surface area contributed by atoms with E-state index in [1.54, 1.807) is 0 Å². The molecule has 619 valence electrons. The summed E-state index contributed by atoms with van der Waals surface area (Å²) < 4.78 is 3.53. The molecule has 0 saturated carbocycles. The molecule has 4 aliphatic rings. The van der Waals surface area contributed by atoms with Crippen molar-refractivity contribution in [3.05, 3.63) is 449 Å². The molecule has 0 unspecified atom stereocenters. The van der Waals surface area contributed by atoms with Crippen LogP contribution in [0.4, 0.5) is 102 Å². The van der Waals surface area contributed by atoms with Crippen LogP contribution in [0, 0.1) is 55.4 Å². The largest absolute Gasteiger partial charge is 0.355 e. The van der Waals surface area contributed by atoms with Crippen molar-refractivity contribution in [1.29, 1.82) is 0 Å². The SMILES string of the molecule is C.Cc1ccc(N(c2ccc(C)cc2)c2cc3c4c(c2)N(c2ccccc2)c2ccc(-n5c6ccccc6c6ccccc65)cc2B4c2cc(C)ccc2N3c2ccc(C)cc2)cc1.Cc1ccc(N(c2ccc(C)cc2)c2cc3c4c(c2)N(c2ccccc2)c2ccc(Br)cc2B4c2cc(C)ccc2N3c2ccc(C)cc2)cc1.[B].c1ccc2c(c1)[nH]c1ccccc12. The highest BCUT2D eigenvalue weighted by molar-refractivity contribution is 9.10. The molecule has 0 spiro atoms. The lowest BCUT2D eigenvalue weighted by Gasteiger charge is -2.45. The van der Waals surface area contributed by atoms with Crippen LogP contribution in [-0.2, 0) is 0 Å². The Hall–Kier alpha value is -15.0. The summed E-state index contributed by atoms with van der Waals surface area (Å²) in [6.45, 7) is 17.4. The molecule has 0 saturated heterocycles. The Bertz CT molecular complexity index is 7450. The van der Waals surface area contributed by atoms with Crippen molar-refractivity contribution in [3.63, 3.8) is 0 Å². The quantitative estimate of drug-likeness (QED) is 0.130. The Morgan fingerprint density at radius 2 is 0.504 bits per heavy atom. The van der Waals surface area contributed by atoms with Gasteiger partial charge in [-0.2, -0.15) is 0 Å². The predicted octanol–water partition coefficient (Wildman–Crippen LogP) is 28.4. The van der Waals surface area contributed by atoms with Gasteiger partial charge in [-0.1, -0.05) is 280 Å². The second-order valence-corrected chi connectivity index (χ2v) is 35.4.